The molecule has 2 N–H and O–H groups in total. The van der Waals surface area contributed by atoms with Crippen LogP contribution in [-0.2, 0) is 10.0 Å². The lowest BCUT2D eigenvalue weighted by Crippen LogP contribution is -2.51. The average Bonchev–Trinajstić information content (AvgIpc) is 2.30. The number of rotatable bonds is 5. The van der Waals surface area contributed by atoms with Gasteiger partial charge >= 0.3 is 0 Å². The van der Waals surface area contributed by atoms with E-state index in [0.29, 0.717) is 25.6 Å². The highest BCUT2D eigenvalue weighted by Gasteiger charge is 2.34. The number of piperidine rings is 1. The molecule has 2 unspecified atom stereocenters. The molecule has 17 heavy (non-hydrogen) atoms. The maximum Gasteiger partial charge on any atom is 0.218 e. The Morgan fingerprint density at radius 3 is 2.59 bits per heavy atom. The Bertz CT molecular complexity index is 326. The Labute approximate surface area is 105 Å². The van der Waals surface area contributed by atoms with Gasteiger partial charge in [0.05, 0.1) is 5.25 Å². The van der Waals surface area contributed by atoms with Crippen LogP contribution in [0.25, 0.3) is 0 Å². The van der Waals surface area contributed by atoms with Crippen molar-refractivity contribution in [2.45, 2.75) is 37.5 Å². The highest BCUT2D eigenvalue weighted by molar-refractivity contribution is 7.89. The van der Waals surface area contributed by atoms with Gasteiger partial charge in [-0.1, -0.05) is 6.92 Å². The first-order valence-electron chi connectivity index (χ1n) is 6.29. The summed E-state index contributed by atoms with van der Waals surface area (Å²) < 4.78 is 26.3. The molecule has 1 saturated heterocycles. The highest BCUT2D eigenvalue weighted by Crippen LogP contribution is 2.20. The third kappa shape index (κ3) is 3.40. The molecule has 102 valence electrons. The molecule has 6 heteroatoms. The fourth-order valence-electron chi connectivity index (χ4n) is 2.28. The first-order valence-corrected chi connectivity index (χ1v) is 7.79. The maximum absolute atomic E-state index is 12.3. The van der Waals surface area contributed by atoms with E-state index < -0.39 is 15.3 Å². The van der Waals surface area contributed by atoms with Crippen molar-refractivity contribution < 1.29 is 8.42 Å². The summed E-state index contributed by atoms with van der Waals surface area (Å²) in [6, 6.07) is 0.328. The van der Waals surface area contributed by atoms with Crippen molar-refractivity contribution in [1.29, 1.82) is 0 Å². The van der Waals surface area contributed by atoms with Gasteiger partial charge in [0.2, 0.25) is 10.0 Å². The van der Waals surface area contributed by atoms with Crippen LogP contribution in [0.2, 0.25) is 0 Å². The predicted octanol–water partition coefficient (Wildman–Crippen LogP) is 0.0795. The lowest BCUT2D eigenvalue weighted by molar-refractivity contribution is 0.189. The molecule has 5 nitrogen and oxygen atoms in total. The van der Waals surface area contributed by atoms with Crippen molar-refractivity contribution in [3.8, 4) is 0 Å². The molecule has 0 aromatic carbocycles. The second-order valence-electron chi connectivity index (χ2n) is 4.93. The molecule has 0 amide bonds. The Hall–Kier alpha value is -0.170. The summed E-state index contributed by atoms with van der Waals surface area (Å²) in [6.07, 6.45) is 2.59. The minimum absolute atomic E-state index is 0.210. The van der Waals surface area contributed by atoms with E-state index in [9.17, 15) is 8.42 Å². The Kier molecular flexibility index (Phi) is 5.37. The number of nitrogens with zero attached hydrogens (tertiary/aromatic N) is 2. The molecule has 0 aromatic rings. The molecule has 2 atom stereocenters. The molecule has 0 aromatic heterocycles. The van der Waals surface area contributed by atoms with Crippen LogP contribution in [0.5, 0.6) is 0 Å². The van der Waals surface area contributed by atoms with Gasteiger partial charge in [-0.25, -0.2) is 12.7 Å². The normalized spacial score (nSPS) is 25.1. The molecule has 1 fully saturated rings. The van der Waals surface area contributed by atoms with E-state index in [2.05, 4.69) is 4.90 Å². The zero-order valence-electron chi connectivity index (χ0n) is 11.1. The highest BCUT2D eigenvalue weighted by atomic mass is 32.2. The largest absolute Gasteiger partial charge is 0.329 e. The lowest BCUT2D eigenvalue weighted by atomic mass is 10.1. The van der Waals surface area contributed by atoms with E-state index in [-0.39, 0.29) is 6.54 Å². The van der Waals surface area contributed by atoms with E-state index in [0.717, 1.165) is 12.8 Å². The molecule has 1 aliphatic heterocycles. The average molecular weight is 263 g/mol. The Morgan fingerprint density at radius 1 is 1.47 bits per heavy atom. The number of nitrogens with two attached hydrogens (primary N) is 1. The van der Waals surface area contributed by atoms with E-state index in [1.165, 1.54) is 0 Å². The summed E-state index contributed by atoms with van der Waals surface area (Å²) >= 11 is 0. The number of hydrogen-bond donors (Lipinski definition) is 1. The topological polar surface area (TPSA) is 66.6 Å². The van der Waals surface area contributed by atoms with Crippen molar-refractivity contribution >= 4 is 10.0 Å². The van der Waals surface area contributed by atoms with Gasteiger partial charge in [-0.15, -0.1) is 0 Å². The van der Waals surface area contributed by atoms with E-state index in [4.69, 9.17) is 5.73 Å². The van der Waals surface area contributed by atoms with Crippen molar-refractivity contribution in [2.24, 2.45) is 5.73 Å². The van der Waals surface area contributed by atoms with Crippen molar-refractivity contribution in [1.82, 2.24) is 9.21 Å². The van der Waals surface area contributed by atoms with Crippen LogP contribution in [0.3, 0.4) is 0 Å². The first kappa shape index (κ1) is 14.9. The quantitative estimate of drug-likeness (QED) is 0.763. The van der Waals surface area contributed by atoms with Gasteiger partial charge in [0, 0.05) is 25.7 Å². The second kappa shape index (κ2) is 6.13. The molecular weight excluding hydrogens is 238 g/mol. The minimum Gasteiger partial charge on any atom is -0.329 e. The first-order chi connectivity index (χ1) is 7.93. The standard InChI is InChI=1S/C11H25N3O2S/c1-4-11(8-12)17(15,16)14-7-5-6-10(9-14)13(2)3/h10-11H,4-9,12H2,1-3H3. The van der Waals surface area contributed by atoms with Crippen LogP contribution >= 0.6 is 0 Å². The fourth-order valence-corrected chi connectivity index (χ4v) is 4.13. The third-order valence-corrected chi connectivity index (χ3v) is 6.01. The molecule has 1 aliphatic rings. The molecule has 0 radical (unpaired) electrons. The Balaban J connectivity index is 2.78. The zero-order valence-corrected chi connectivity index (χ0v) is 11.9. The summed E-state index contributed by atoms with van der Waals surface area (Å²) in [5, 5.41) is -0.427. The van der Waals surface area contributed by atoms with E-state index in [1.807, 2.05) is 21.0 Å². The minimum atomic E-state index is -3.21. The second-order valence-corrected chi connectivity index (χ2v) is 7.14. The van der Waals surface area contributed by atoms with Gasteiger partial charge in [-0.05, 0) is 33.4 Å². The van der Waals surface area contributed by atoms with Crippen LogP contribution in [-0.4, -0.2) is 62.6 Å². The van der Waals surface area contributed by atoms with Gasteiger partial charge in [0.15, 0.2) is 0 Å². The van der Waals surface area contributed by atoms with Crippen molar-refractivity contribution in [3.63, 3.8) is 0 Å². The van der Waals surface area contributed by atoms with Crippen LogP contribution in [0.15, 0.2) is 0 Å². The number of sulfonamides is 1. The number of hydrogen-bond acceptors (Lipinski definition) is 4. The monoisotopic (exact) mass is 263 g/mol. The zero-order chi connectivity index (χ0) is 13.1. The van der Waals surface area contributed by atoms with Gasteiger partial charge in [0.25, 0.3) is 0 Å². The molecular formula is C11H25N3O2S. The molecule has 0 aliphatic carbocycles. The summed E-state index contributed by atoms with van der Waals surface area (Å²) in [6.45, 7) is 3.33. The molecule has 0 bridgehead atoms. The molecule has 0 spiro atoms. The molecule has 1 heterocycles. The molecule has 0 saturated carbocycles. The third-order valence-electron chi connectivity index (χ3n) is 3.59. The maximum atomic E-state index is 12.3. The van der Waals surface area contributed by atoms with Crippen LogP contribution in [0.1, 0.15) is 26.2 Å². The van der Waals surface area contributed by atoms with Gasteiger partial charge < -0.3 is 10.6 Å². The smallest absolute Gasteiger partial charge is 0.218 e. The van der Waals surface area contributed by atoms with Crippen molar-refractivity contribution in [3.05, 3.63) is 0 Å². The SMILES string of the molecule is CCC(CN)S(=O)(=O)N1CCCC(N(C)C)C1. The molecule has 1 rings (SSSR count). The fraction of sp³-hybridized carbons (Fsp3) is 1.00. The van der Waals surface area contributed by atoms with E-state index >= 15 is 0 Å². The van der Waals surface area contributed by atoms with Gasteiger partial charge in [0.1, 0.15) is 0 Å². The summed E-state index contributed by atoms with van der Waals surface area (Å²) in [4.78, 5) is 2.10. The van der Waals surface area contributed by atoms with Crippen LogP contribution < -0.4 is 5.73 Å². The van der Waals surface area contributed by atoms with Gasteiger partial charge in [-0.2, -0.15) is 0 Å². The summed E-state index contributed by atoms with van der Waals surface area (Å²) in [7, 11) is 0.793. The van der Waals surface area contributed by atoms with Crippen LogP contribution in [0.4, 0.5) is 0 Å². The Morgan fingerprint density at radius 2 is 2.12 bits per heavy atom. The summed E-state index contributed by atoms with van der Waals surface area (Å²) in [5.74, 6) is 0. The van der Waals surface area contributed by atoms with Gasteiger partial charge in [-0.3, -0.25) is 0 Å². The summed E-state index contributed by atoms with van der Waals surface area (Å²) in [5.41, 5.74) is 5.55. The van der Waals surface area contributed by atoms with E-state index in [1.54, 1.807) is 4.31 Å². The predicted molar refractivity (Wildman–Crippen MR) is 70.3 cm³/mol. The van der Waals surface area contributed by atoms with Crippen LogP contribution in [0, 0.1) is 0 Å². The number of likely N-dealkylation sites (N-methyl/N-ethyl adjacent to an activating group) is 1. The van der Waals surface area contributed by atoms with Crippen molar-refractivity contribution in [2.75, 3.05) is 33.7 Å². The lowest BCUT2D eigenvalue weighted by Gasteiger charge is -2.36.